The lowest BCUT2D eigenvalue weighted by Gasteiger charge is -2.10. The minimum Gasteiger partial charge on any atom is -0.489 e. The molecule has 0 atom stereocenters. The monoisotopic (exact) mass is 296 g/mol. The fourth-order valence-corrected chi connectivity index (χ4v) is 2.80. The summed E-state index contributed by atoms with van der Waals surface area (Å²) in [6.07, 6.45) is 1.80. The van der Waals surface area contributed by atoms with E-state index in [1.54, 1.807) is 6.20 Å². The minimum absolute atomic E-state index is 0.578. The highest BCUT2D eigenvalue weighted by Gasteiger charge is 2.06. The molecule has 3 aromatic rings. The quantitative estimate of drug-likeness (QED) is 0.781. The topological polar surface area (TPSA) is 48.1 Å². The molecule has 0 radical (unpaired) electrons. The van der Waals surface area contributed by atoms with Gasteiger partial charge < -0.3 is 10.5 Å². The van der Waals surface area contributed by atoms with E-state index >= 15 is 0 Å². The molecule has 0 fully saturated rings. The van der Waals surface area contributed by atoms with Crippen LogP contribution in [0.15, 0.2) is 54.7 Å². The van der Waals surface area contributed by atoms with E-state index in [1.807, 2.05) is 37.3 Å². The van der Waals surface area contributed by atoms with Crippen LogP contribution in [0.3, 0.4) is 0 Å². The average Bonchev–Trinajstić information content (AvgIpc) is 2.93. The van der Waals surface area contributed by atoms with Crippen LogP contribution in [-0.2, 0) is 6.61 Å². The van der Waals surface area contributed by atoms with E-state index in [2.05, 4.69) is 23.2 Å². The normalized spacial score (nSPS) is 10.5. The number of aryl methyl sites for hydroxylation is 1. The molecule has 0 saturated carbocycles. The highest BCUT2D eigenvalue weighted by atomic mass is 32.1. The summed E-state index contributed by atoms with van der Waals surface area (Å²) in [4.78, 5) is 5.16. The molecule has 0 saturated heterocycles. The summed E-state index contributed by atoms with van der Waals surface area (Å²) in [5.74, 6) is 0.903. The van der Waals surface area contributed by atoms with Gasteiger partial charge in [0.1, 0.15) is 12.4 Å². The third-order valence-corrected chi connectivity index (χ3v) is 4.10. The van der Waals surface area contributed by atoms with Crippen molar-refractivity contribution < 1.29 is 4.74 Å². The lowest BCUT2D eigenvalue weighted by Crippen LogP contribution is -1.96. The SMILES string of the molecule is Cc1cc(-c2cnc(N)s2)ccc1OCc1ccccc1. The summed E-state index contributed by atoms with van der Waals surface area (Å²) >= 11 is 1.49. The molecule has 3 nitrogen and oxygen atoms in total. The fourth-order valence-electron chi connectivity index (χ4n) is 2.12. The van der Waals surface area contributed by atoms with Crippen LogP contribution in [0.2, 0.25) is 0 Å². The van der Waals surface area contributed by atoms with Crippen molar-refractivity contribution in [2.75, 3.05) is 5.73 Å². The van der Waals surface area contributed by atoms with Gasteiger partial charge in [-0.1, -0.05) is 41.7 Å². The van der Waals surface area contributed by atoms with Crippen LogP contribution < -0.4 is 10.5 Å². The Bertz CT molecular complexity index is 738. The second-order valence-corrected chi connectivity index (χ2v) is 5.88. The van der Waals surface area contributed by atoms with Gasteiger partial charge in [-0.2, -0.15) is 0 Å². The summed E-state index contributed by atoms with van der Waals surface area (Å²) in [5, 5.41) is 0.590. The van der Waals surface area contributed by atoms with Crippen molar-refractivity contribution in [2.45, 2.75) is 13.5 Å². The first kappa shape index (κ1) is 13.6. The Kier molecular flexibility index (Phi) is 3.88. The Morgan fingerprint density at radius 1 is 1.14 bits per heavy atom. The van der Waals surface area contributed by atoms with Crippen molar-refractivity contribution in [3.8, 4) is 16.2 Å². The first-order valence-electron chi connectivity index (χ1n) is 6.71. The molecule has 1 heterocycles. The van der Waals surface area contributed by atoms with Crippen LogP contribution in [0.1, 0.15) is 11.1 Å². The lowest BCUT2D eigenvalue weighted by molar-refractivity contribution is 0.304. The van der Waals surface area contributed by atoms with Gasteiger partial charge in [-0.05, 0) is 41.8 Å². The molecular formula is C17H16N2OS. The van der Waals surface area contributed by atoms with Crippen molar-refractivity contribution in [3.05, 3.63) is 65.9 Å². The van der Waals surface area contributed by atoms with Gasteiger partial charge in [-0.15, -0.1) is 0 Å². The molecule has 0 aliphatic carbocycles. The van der Waals surface area contributed by atoms with Crippen molar-refractivity contribution >= 4 is 16.5 Å². The number of nitrogen functional groups attached to an aromatic ring is 1. The Balaban J connectivity index is 1.75. The number of thiazole rings is 1. The standard InChI is InChI=1S/C17H16N2OS/c1-12-9-14(16-10-19-17(18)21-16)7-8-15(12)20-11-13-5-3-2-4-6-13/h2-10H,11H2,1H3,(H2,18,19). The van der Waals surface area contributed by atoms with E-state index in [9.17, 15) is 0 Å². The van der Waals surface area contributed by atoms with Gasteiger partial charge in [-0.3, -0.25) is 0 Å². The fraction of sp³-hybridized carbons (Fsp3) is 0.118. The van der Waals surface area contributed by atoms with Crippen LogP contribution in [0.4, 0.5) is 5.13 Å². The van der Waals surface area contributed by atoms with Gasteiger partial charge in [0.2, 0.25) is 0 Å². The van der Waals surface area contributed by atoms with Crippen LogP contribution in [0.5, 0.6) is 5.75 Å². The van der Waals surface area contributed by atoms with E-state index in [0.717, 1.165) is 27.3 Å². The molecule has 0 spiro atoms. The predicted molar refractivity (Wildman–Crippen MR) is 87.5 cm³/mol. The van der Waals surface area contributed by atoms with E-state index in [1.165, 1.54) is 11.3 Å². The van der Waals surface area contributed by atoms with Crippen LogP contribution in [0, 0.1) is 6.92 Å². The number of hydrogen-bond acceptors (Lipinski definition) is 4. The van der Waals surface area contributed by atoms with Gasteiger partial charge in [0.25, 0.3) is 0 Å². The highest BCUT2D eigenvalue weighted by molar-refractivity contribution is 7.18. The molecule has 0 unspecified atom stereocenters. The second-order valence-electron chi connectivity index (χ2n) is 4.82. The molecule has 3 rings (SSSR count). The van der Waals surface area contributed by atoms with Gasteiger partial charge in [0.15, 0.2) is 5.13 Å². The zero-order chi connectivity index (χ0) is 14.7. The Labute approximate surface area is 128 Å². The van der Waals surface area contributed by atoms with Crippen molar-refractivity contribution in [1.82, 2.24) is 4.98 Å². The third kappa shape index (κ3) is 3.23. The van der Waals surface area contributed by atoms with Crippen LogP contribution in [0.25, 0.3) is 10.4 Å². The van der Waals surface area contributed by atoms with E-state index in [-0.39, 0.29) is 0 Å². The number of benzene rings is 2. The number of nitrogens with two attached hydrogens (primary N) is 1. The highest BCUT2D eigenvalue weighted by Crippen LogP contribution is 2.31. The molecule has 21 heavy (non-hydrogen) atoms. The summed E-state index contributed by atoms with van der Waals surface area (Å²) < 4.78 is 5.88. The van der Waals surface area contributed by atoms with Crippen LogP contribution >= 0.6 is 11.3 Å². The Morgan fingerprint density at radius 2 is 1.95 bits per heavy atom. The number of nitrogens with zero attached hydrogens (tertiary/aromatic N) is 1. The first-order chi connectivity index (χ1) is 10.2. The number of rotatable bonds is 4. The van der Waals surface area contributed by atoms with Crippen molar-refractivity contribution in [2.24, 2.45) is 0 Å². The van der Waals surface area contributed by atoms with Crippen molar-refractivity contribution in [1.29, 1.82) is 0 Å². The molecule has 0 aliphatic heterocycles. The first-order valence-corrected chi connectivity index (χ1v) is 7.53. The summed E-state index contributed by atoms with van der Waals surface area (Å²) in [5.41, 5.74) is 9.07. The summed E-state index contributed by atoms with van der Waals surface area (Å²) in [7, 11) is 0. The maximum absolute atomic E-state index is 5.88. The van der Waals surface area contributed by atoms with Crippen LogP contribution in [-0.4, -0.2) is 4.98 Å². The summed E-state index contributed by atoms with van der Waals surface area (Å²) in [6, 6.07) is 16.3. The zero-order valence-electron chi connectivity index (χ0n) is 11.7. The largest absolute Gasteiger partial charge is 0.489 e. The van der Waals surface area contributed by atoms with Gasteiger partial charge >= 0.3 is 0 Å². The number of aromatic nitrogens is 1. The maximum Gasteiger partial charge on any atom is 0.180 e. The smallest absolute Gasteiger partial charge is 0.180 e. The third-order valence-electron chi connectivity index (χ3n) is 3.22. The molecule has 0 aliphatic rings. The van der Waals surface area contributed by atoms with E-state index in [0.29, 0.717) is 11.7 Å². The molecule has 1 aromatic heterocycles. The minimum atomic E-state index is 0.578. The lowest BCUT2D eigenvalue weighted by atomic mass is 10.1. The number of anilines is 1. The zero-order valence-corrected chi connectivity index (χ0v) is 12.6. The molecule has 2 aromatic carbocycles. The predicted octanol–water partition coefficient (Wildman–Crippen LogP) is 4.28. The van der Waals surface area contributed by atoms with E-state index in [4.69, 9.17) is 10.5 Å². The molecule has 2 N–H and O–H groups in total. The number of hydrogen-bond donors (Lipinski definition) is 1. The molecule has 0 amide bonds. The molecule has 4 heteroatoms. The van der Waals surface area contributed by atoms with Gasteiger partial charge in [0.05, 0.1) is 4.88 Å². The average molecular weight is 296 g/mol. The Morgan fingerprint density at radius 3 is 2.62 bits per heavy atom. The van der Waals surface area contributed by atoms with Gasteiger partial charge in [-0.25, -0.2) is 4.98 Å². The van der Waals surface area contributed by atoms with Gasteiger partial charge in [0, 0.05) is 6.20 Å². The molecular weight excluding hydrogens is 280 g/mol. The van der Waals surface area contributed by atoms with E-state index < -0.39 is 0 Å². The maximum atomic E-state index is 5.88. The summed E-state index contributed by atoms with van der Waals surface area (Å²) in [6.45, 7) is 2.63. The second kappa shape index (κ2) is 5.97. The Hall–Kier alpha value is -2.33. The molecule has 0 bridgehead atoms. The van der Waals surface area contributed by atoms with Crippen molar-refractivity contribution in [3.63, 3.8) is 0 Å². The molecule has 106 valence electrons. The number of ether oxygens (including phenoxy) is 1.